The van der Waals surface area contributed by atoms with Gasteiger partial charge in [0.1, 0.15) is 0 Å². The third kappa shape index (κ3) is 7.65. The third-order valence-electron chi connectivity index (χ3n) is 13.5. The van der Waals surface area contributed by atoms with Crippen LogP contribution in [-0.2, 0) is 0 Å². The van der Waals surface area contributed by atoms with Crippen molar-refractivity contribution in [2.75, 3.05) is 0 Å². The first-order chi connectivity index (χ1) is 34.1. The van der Waals surface area contributed by atoms with Crippen molar-refractivity contribution in [3.63, 3.8) is 0 Å². The van der Waals surface area contributed by atoms with E-state index in [1.807, 2.05) is 36.4 Å². The summed E-state index contributed by atoms with van der Waals surface area (Å²) in [6.45, 7) is 2.15. The van der Waals surface area contributed by atoms with Crippen molar-refractivity contribution in [2.45, 2.75) is 6.92 Å². The number of hydrogen-bond donors (Lipinski definition) is 0. The van der Waals surface area contributed by atoms with Crippen LogP contribution < -0.4 is 17.6 Å². The second-order valence-corrected chi connectivity index (χ2v) is 25.6. The second-order valence-electron chi connectivity index (χ2n) is 17.7. The van der Waals surface area contributed by atoms with Crippen LogP contribution in [-0.4, -0.2) is 32.8 Å². The van der Waals surface area contributed by atoms with Crippen molar-refractivity contribution < 1.29 is 0 Å². The maximum atomic E-state index is 5.38. The van der Waals surface area contributed by atoms with Crippen LogP contribution in [0.15, 0.2) is 261 Å². The monoisotopic (exact) mass is 944 g/mol. The Balaban J connectivity index is 1.12. The van der Waals surface area contributed by atoms with Gasteiger partial charge in [0.15, 0.2) is 0 Å². The third-order valence-corrected chi connectivity index (χ3v) is 23.5. The van der Waals surface area contributed by atoms with Gasteiger partial charge in [-0.05, 0) is 12.5 Å². The first-order valence-electron chi connectivity index (χ1n) is 23.5. The molecule has 2 aromatic heterocycles. The molecule has 0 saturated heterocycles. The summed E-state index contributed by atoms with van der Waals surface area (Å²) in [7, 11) is 0. The van der Waals surface area contributed by atoms with E-state index in [1.54, 1.807) is 0 Å². The summed E-state index contributed by atoms with van der Waals surface area (Å²) in [5, 5.41) is 2.37. The van der Waals surface area contributed by atoms with Crippen LogP contribution in [0.5, 0.6) is 0 Å². The van der Waals surface area contributed by atoms with Gasteiger partial charge in [0.2, 0.25) is 0 Å². The van der Waals surface area contributed by atoms with Crippen molar-refractivity contribution in [1.82, 2.24) is 19.5 Å². The van der Waals surface area contributed by atoms with E-state index in [2.05, 4.69) is 236 Å². The predicted octanol–water partition coefficient (Wildman–Crippen LogP) is 13.0. The molecule has 12 rings (SSSR count). The zero-order chi connectivity index (χ0) is 46.2. The molecule has 10 aromatic carbocycles. The van der Waals surface area contributed by atoms with Crippen molar-refractivity contribution in [3.8, 4) is 62.1 Å². The molecule has 5 heteroatoms. The second kappa shape index (κ2) is 18.0. The molecule has 326 valence electrons. The number of rotatable bonds is 10. The average Bonchev–Trinajstić information content (AvgIpc) is 3.76. The topological polar surface area (TPSA) is 43.6 Å². The van der Waals surface area contributed by atoms with E-state index < -0.39 is 13.3 Å². The molecule has 0 aliphatic rings. The molecule has 0 aliphatic carbocycles. The zero-order valence-electron chi connectivity index (χ0n) is 38.1. The van der Waals surface area contributed by atoms with Crippen LogP contribution >= 0.6 is 0 Å². The molecule has 0 spiro atoms. The van der Waals surface area contributed by atoms with E-state index in [-0.39, 0.29) is 0 Å². The van der Waals surface area contributed by atoms with E-state index in [0.717, 1.165) is 44.5 Å². The minimum Gasteiger partial charge on any atom is -0.0514 e. The summed E-state index contributed by atoms with van der Waals surface area (Å²) in [5.41, 5.74) is 11.8. The van der Waals surface area contributed by atoms with Crippen LogP contribution in [0.4, 0.5) is 0 Å². The van der Waals surface area contributed by atoms with Crippen molar-refractivity contribution >= 4 is 52.7 Å². The molecular formula is C64H46GeN4. The smallest absolute Gasteiger partial charge is 0.0514 e. The van der Waals surface area contributed by atoms with E-state index in [4.69, 9.17) is 15.0 Å². The van der Waals surface area contributed by atoms with Gasteiger partial charge in [-0.1, -0.05) is 42.0 Å². The Morgan fingerprint density at radius 1 is 0.304 bits per heavy atom. The summed E-state index contributed by atoms with van der Waals surface area (Å²) >= 11 is -3.59. The summed E-state index contributed by atoms with van der Waals surface area (Å²) in [6.07, 6.45) is 0. The number of nitrogens with zero attached hydrogens (tertiary/aromatic N) is 4. The molecule has 0 amide bonds. The minimum atomic E-state index is -3.59. The van der Waals surface area contributed by atoms with E-state index in [0.29, 0.717) is 17.5 Å². The first kappa shape index (κ1) is 41.9. The molecule has 0 atom stereocenters. The van der Waals surface area contributed by atoms with Crippen molar-refractivity contribution in [1.29, 1.82) is 0 Å². The Hall–Kier alpha value is -8.45. The van der Waals surface area contributed by atoms with Gasteiger partial charge < -0.3 is 0 Å². The van der Waals surface area contributed by atoms with E-state index in [1.165, 1.54) is 45.0 Å². The fourth-order valence-electron chi connectivity index (χ4n) is 10.3. The standard InChI is InChI=1S/C64H46GeN4/c1-45-21-19-26-48(41-45)50-37-39-60-57(43-50)56-35-17-18-36-59(56)69(60)61-40-38-51(44-58(61)64-67-62(46-22-7-2-8-23-46)66-63(68-64)47-24-9-3-10-25-47)49-27-20-34-55(42-49)65(52-28-11-4-12-29-52,53-30-13-5-14-31-53)54-32-15-6-16-33-54/h2-44H,1H3. The molecular weight excluding hydrogens is 897 g/mol. The fourth-order valence-corrected chi connectivity index (χ4v) is 20.3. The van der Waals surface area contributed by atoms with E-state index >= 15 is 0 Å². The van der Waals surface area contributed by atoms with Gasteiger partial charge in [-0.3, -0.25) is 0 Å². The van der Waals surface area contributed by atoms with Crippen LogP contribution in [0.3, 0.4) is 0 Å². The molecule has 0 radical (unpaired) electrons. The Morgan fingerprint density at radius 2 is 0.739 bits per heavy atom. The molecule has 0 aliphatic heterocycles. The van der Waals surface area contributed by atoms with Gasteiger partial charge in [0.05, 0.1) is 0 Å². The maximum absolute atomic E-state index is 5.38. The summed E-state index contributed by atoms with van der Waals surface area (Å²) in [4.78, 5) is 15.9. The summed E-state index contributed by atoms with van der Waals surface area (Å²) < 4.78 is 7.90. The fraction of sp³-hybridized carbons (Fsp3) is 0.0156. The minimum absolute atomic E-state index is 0.600. The molecule has 0 unspecified atom stereocenters. The summed E-state index contributed by atoms with van der Waals surface area (Å²) in [5.74, 6) is 1.84. The van der Waals surface area contributed by atoms with Crippen LogP contribution in [0.1, 0.15) is 5.56 Å². The van der Waals surface area contributed by atoms with Gasteiger partial charge in [-0.25, -0.2) is 0 Å². The average molecular weight is 944 g/mol. The Morgan fingerprint density at radius 3 is 1.33 bits per heavy atom. The molecule has 2 heterocycles. The number of aromatic nitrogens is 4. The van der Waals surface area contributed by atoms with Gasteiger partial charge in [0, 0.05) is 0 Å². The molecule has 4 nitrogen and oxygen atoms in total. The van der Waals surface area contributed by atoms with Crippen LogP contribution in [0.2, 0.25) is 0 Å². The van der Waals surface area contributed by atoms with Gasteiger partial charge in [-0.15, -0.1) is 0 Å². The molecule has 12 aromatic rings. The number of hydrogen-bond acceptors (Lipinski definition) is 3. The summed E-state index contributed by atoms with van der Waals surface area (Å²) in [6, 6.07) is 94.5. The SMILES string of the molecule is Cc1cccc(-c2ccc3c(c2)c2ccccc2n3-c2ccc(-c3ccc[c]([Ge]([c]4ccccc4)([c]4ccccc4)[c]4ccccc4)c3)cc2-c2nc(-c3ccccc3)nc(-c3ccccc3)n2)c1. The number of aryl methyl sites for hydroxylation is 1. The molecule has 0 N–H and O–H groups in total. The number of para-hydroxylation sites is 1. The quantitative estimate of drug-likeness (QED) is 0.128. The number of benzene rings is 10. The van der Waals surface area contributed by atoms with Crippen molar-refractivity contribution in [2.24, 2.45) is 0 Å². The normalized spacial score (nSPS) is 11.6. The Labute approximate surface area is 405 Å². The zero-order valence-corrected chi connectivity index (χ0v) is 40.2. The molecule has 0 fully saturated rings. The van der Waals surface area contributed by atoms with Crippen LogP contribution in [0, 0.1) is 6.92 Å². The Bertz CT molecular complexity index is 3620. The van der Waals surface area contributed by atoms with Gasteiger partial charge >= 0.3 is 353 Å². The molecule has 0 bridgehead atoms. The number of fused-ring (bicyclic) bond motifs is 3. The largest absolute Gasteiger partial charge is 0.0514 e. The van der Waals surface area contributed by atoms with Gasteiger partial charge in [-0.2, -0.15) is 0 Å². The molecule has 0 saturated carbocycles. The van der Waals surface area contributed by atoms with Gasteiger partial charge in [0.25, 0.3) is 0 Å². The first-order valence-corrected chi connectivity index (χ1v) is 27.7. The predicted molar refractivity (Wildman–Crippen MR) is 290 cm³/mol. The Kier molecular flexibility index (Phi) is 10.9. The molecule has 69 heavy (non-hydrogen) atoms. The van der Waals surface area contributed by atoms with E-state index in [9.17, 15) is 0 Å². The maximum Gasteiger partial charge on any atom is -0.0514 e. The van der Waals surface area contributed by atoms with Crippen LogP contribution in [0.25, 0.3) is 83.9 Å². The van der Waals surface area contributed by atoms with Crippen molar-refractivity contribution in [3.05, 3.63) is 266 Å².